The molecule has 0 radical (unpaired) electrons. The molecule has 1 N–H and O–H groups in total. The SMILES string of the molecule is CCC1(C(=O)O)CCN(Cc2cc(Br)c(Cl)s2)C1. The Bertz CT molecular complexity index is 445. The van der Waals surface area contributed by atoms with Crippen molar-refractivity contribution in [2.24, 2.45) is 5.41 Å². The Morgan fingerprint density at radius 2 is 2.44 bits per heavy atom. The van der Waals surface area contributed by atoms with Gasteiger partial charge in [0, 0.05) is 22.4 Å². The van der Waals surface area contributed by atoms with Crippen molar-refractivity contribution in [1.29, 1.82) is 0 Å². The zero-order valence-corrected chi connectivity index (χ0v) is 13.2. The first-order valence-corrected chi connectivity index (χ1v) is 7.85. The molecule has 2 rings (SSSR count). The van der Waals surface area contributed by atoms with Crippen LogP contribution in [0.2, 0.25) is 4.34 Å². The minimum atomic E-state index is -0.669. The lowest BCUT2D eigenvalue weighted by molar-refractivity contribution is -0.148. The quantitative estimate of drug-likeness (QED) is 0.894. The van der Waals surface area contributed by atoms with Crippen LogP contribution in [0.5, 0.6) is 0 Å². The highest BCUT2D eigenvalue weighted by molar-refractivity contribution is 9.10. The van der Waals surface area contributed by atoms with E-state index >= 15 is 0 Å². The maximum absolute atomic E-state index is 11.4. The summed E-state index contributed by atoms with van der Waals surface area (Å²) in [5.41, 5.74) is -0.557. The number of nitrogens with zero attached hydrogens (tertiary/aromatic N) is 1. The maximum Gasteiger partial charge on any atom is 0.310 e. The molecular weight excluding hydrogens is 338 g/mol. The van der Waals surface area contributed by atoms with Gasteiger partial charge in [0.25, 0.3) is 0 Å². The fourth-order valence-corrected chi connectivity index (χ4v) is 4.23. The van der Waals surface area contributed by atoms with Gasteiger partial charge in [0.2, 0.25) is 0 Å². The zero-order valence-electron chi connectivity index (χ0n) is 10.1. The number of carboxylic acids is 1. The monoisotopic (exact) mass is 351 g/mol. The summed E-state index contributed by atoms with van der Waals surface area (Å²) < 4.78 is 1.67. The minimum Gasteiger partial charge on any atom is -0.481 e. The summed E-state index contributed by atoms with van der Waals surface area (Å²) in [5.74, 6) is -0.669. The van der Waals surface area contributed by atoms with Gasteiger partial charge in [-0.2, -0.15) is 0 Å². The van der Waals surface area contributed by atoms with E-state index in [9.17, 15) is 9.90 Å². The normalized spacial score (nSPS) is 24.6. The predicted octanol–water partition coefficient (Wildman–Crippen LogP) is 3.85. The molecule has 0 spiro atoms. The molecular formula is C12H15BrClNO2S. The van der Waals surface area contributed by atoms with E-state index in [1.165, 1.54) is 4.88 Å². The van der Waals surface area contributed by atoms with E-state index in [0.717, 1.165) is 28.3 Å². The van der Waals surface area contributed by atoms with Gasteiger partial charge in [0.1, 0.15) is 4.34 Å². The van der Waals surface area contributed by atoms with Gasteiger partial charge in [-0.3, -0.25) is 9.69 Å². The molecule has 1 atom stereocenters. The van der Waals surface area contributed by atoms with Crippen LogP contribution in [-0.4, -0.2) is 29.1 Å². The molecule has 1 saturated heterocycles. The summed E-state index contributed by atoms with van der Waals surface area (Å²) in [7, 11) is 0. The van der Waals surface area contributed by atoms with Crippen LogP contribution in [0.4, 0.5) is 0 Å². The van der Waals surface area contributed by atoms with E-state index in [-0.39, 0.29) is 0 Å². The second-order valence-electron chi connectivity index (χ2n) is 4.73. The fraction of sp³-hybridized carbons (Fsp3) is 0.583. The molecule has 1 aliphatic rings. The van der Waals surface area contributed by atoms with Crippen LogP contribution in [-0.2, 0) is 11.3 Å². The lowest BCUT2D eigenvalue weighted by atomic mass is 9.84. The van der Waals surface area contributed by atoms with Crippen molar-refractivity contribution in [3.8, 4) is 0 Å². The average molecular weight is 353 g/mol. The summed E-state index contributed by atoms with van der Waals surface area (Å²) >= 11 is 10.9. The highest BCUT2D eigenvalue weighted by Gasteiger charge is 2.43. The van der Waals surface area contributed by atoms with Crippen LogP contribution in [0.3, 0.4) is 0 Å². The van der Waals surface area contributed by atoms with Crippen LogP contribution in [0.1, 0.15) is 24.6 Å². The molecule has 6 heteroatoms. The van der Waals surface area contributed by atoms with Gasteiger partial charge in [-0.15, -0.1) is 11.3 Å². The van der Waals surface area contributed by atoms with Crippen LogP contribution in [0.15, 0.2) is 10.5 Å². The van der Waals surface area contributed by atoms with E-state index in [4.69, 9.17) is 11.6 Å². The lowest BCUT2D eigenvalue weighted by Crippen LogP contribution is -2.33. The standard InChI is InChI=1S/C12H15BrClNO2S/c1-2-12(11(16)17)3-4-15(7-12)6-8-5-9(13)10(14)18-8/h5H,2-4,6-7H2,1H3,(H,16,17). The summed E-state index contributed by atoms with van der Waals surface area (Å²) in [4.78, 5) is 14.7. The highest BCUT2D eigenvalue weighted by Crippen LogP contribution is 2.37. The Kier molecular flexibility index (Phi) is 4.36. The minimum absolute atomic E-state index is 0.557. The van der Waals surface area contributed by atoms with Crippen molar-refractivity contribution < 1.29 is 9.90 Å². The Labute approximate surface area is 124 Å². The second-order valence-corrected chi connectivity index (χ2v) is 7.33. The molecule has 18 heavy (non-hydrogen) atoms. The number of aliphatic carboxylic acids is 1. The molecule has 1 aliphatic heterocycles. The van der Waals surface area contributed by atoms with E-state index in [1.54, 1.807) is 11.3 Å². The Morgan fingerprint density at radius 1 is 1.72 bits per heavy atom. The van der Waals surface area contributed by atoms with Crippen molar-refractivity contribution in [1.82, 2.24) is 4.90 Å². The van der Waals surface area contributed by atoms with Crippen molar-refractivity contribution in [2.75, 3.05) is 13.1 Å². The fourth-order valence-electron chi connectivity index (χ4n) is 2.40. The van der Waals surface area contributed by atoms with Crippen LogP contribution < -0.4 is 0 Å². The van der Waals surface area contributed by atoms with Crippen LogP contribution in [0, 0.1) is 5.41 Å². The summed E-state index contributed by atoms with van der Waals surface area (Å²) in [6.07, 6.45) is 1.42. The Balaban J connectivity index is 2.03. The first kappa shape index (κ1) is 14.3. The van der Waals surface area contributed by atoms with Gasteiger partial charge in [0.15, 0.2) is 0 Å². The first-order chi connectivity index (χ1) is 8.47. The van der Waals surface area contributed by atoms with Crippen molar-refractivity contribution in [3.63, 3.8) is 0 Å². The van der Waals surface area contributed by atoms with E-state index < -0.39 is 11.4 Å². The number of carboxylic acid groups (broad SMARTS) is 1. The third-order valence-electron chi connectivity index (χ3n) is 3.64. The largest absolute Gasteiger partial charge is 0.481 e. The third-order valence-corrected chi connectivity index (χ3v) is 6.10. The molecule has 100 valence electrons. The number of rotatable bonds is 4. The second kappa shape index (κ2) is 5.49. The van der Waals surface area contributed by atoms with Gasteiger partial charge in [-0.25, -0.2) is 0 Å². The zero-order chi connectivity index (χ0) is 13.3. The number of hydrogen-bond acceptors (Lipinski definition) is 3. The summed E-state index contributed by atoms with van der Waals surface area (Å²) in [5, 5.41) is 9.34. The van der Waals surface area contributed by atoms with E-state index in [2.05, 4.69) is 20.8 Å². The van der Waals surface area contributed by atoms with Crippen LogP contribution in [0.25, 0.3) is 0 Å². The molecule has 3 nitrogen and oxygen atoms in total. The molecule has 2 heterocycles. The number of hydrogen-bond donors (Lipinski definition) is 1. The van der Waals surface area contributed by atoms with Gasteiger partial charge in [-0.1, -0.05) is 18.5 Å². The first-order valence-electron chi connectivity index (χ1n) is 5.86. The number of halogens is 2. The van der Waals surface area contributed by atoms with Crippen molar-refractivity contribution >= 4 is 44.8 Å². The summed E-state index contributed by atoms with van der Waals surface area (Å²) in [6, 6.07) is 2.01. The molecule has 0 saturated carbocycles. The molecule has 1 aromatic rings. The Hall–Kier alpha value is -0.100. The van der Waals surface area contributed by atoms with Crippen molar-refractivity contribution in [2.45, 2.75) is 26.3 Å². The molecule has 1 unspecified atom stereocenters. The predicted molar refractivity (Wildman–Crippen MR) is 77.3 cm³/mol. The number of thiophene rings is 1. The molecule has 0 amide bonds. The topological polar surface area (TPSA) is 40.5 Å². The number of likely N-dealkylation sites (tertiary alicyclic amines) is 1. The highest BCUT2D eigenvalue weighted by atomic mass is 79.9. The van der Waals surface area contributed by atoms with Crippen molar-refractivity contribution in [3.05, 3.63) is 19.8 Å². The third kappa shape index (κ3) is 2.74. The average Bonchev–Trinajstić information content (AvgIpc) is 2.85. The van der Waals surface area contributed by atoms with Crippen LogP contribution >= 0.6 is 38.9 Å². The summed E-state index contributed by atoms with van der Waals surface area (Å²) in [6.45, 7) is 4.21. The smallest absolute Gasteiger partial charge is 0.310 e. The molecule has 0 aromatic carbocycles. The lowest BCUT2D eigenvalue weighted by Gasteiger charge is -2.22. The van der Waals surface area contributed by atoms with Gasteiger partial charge in [0.05, 0.1) is 5.41 Å². The molecule has 0 aliphatic carbocycles. The van der Waals surface area contributed by atoms with Gasteiger partial charge < -0.3 is 5.11 Å². The van der Waals surface area contributed by atoms with Gasteiger partial charge in [-0.05, 0) is 41.4 Å². The Morgan fingerprint density at radius 3 is 2.89 bits per heavy atom. The molecule has 1 fully saturated rings. The van der Waals surface area contributed by atoms with Gasteiger partial charge >= 0.3 is 5.97 Å². The molecule has 0 bridgehead atoms. The van der Waals surface area contributed by atoms with E-state index in [1.807, 2.05) is 13.0 Å². The maximum atomic E-state index is 11.4. The number of carbonyl (C=O) groups is 1. The molecule has 1 aromatic heterocycles. The van der Waals surface area contributed by atoms with E-state index in [0.29, 0.717) is 13.0 Å².